The fourth-order valence-electron chi connectivity index (χ4n) is 2.55. The molecule has 0 saturated carbocycles. The van der Waals surface area contributed by atoms with Crippen LogP contribution in [-0.2, 0) is 18.2 Å². The van der Waals surface area contributed by atoms with E-state index in [-0.39, 0.29) is 16.6 Å². The monoisotopic (exact) mass is 290 g/mol. The topological polar surface area (TPSA) is 44.8 Å². The first-order chi connectivity index (χ1) is 7.66. The smallest absolute Gasteiger partial charge is 0.325 e. The molecule has 104 valence electrons. The molecule has 0 heterocycles. The highest BCUT2D eigenvalue weighted by molar-refractivity contribution is 7.50. The van der Waals surface area contributed by atoms with Gasteiger partial charge in [0.1, 0.15) is 0 Å². The molecule has 0 rings (SSSR count). The van der Waals surface area contributed by atoms with E-state index in [1.165, 1.54) is 0 Å². The van der Waals surface area contributed by atoms with Crippen LogP contribution in [0.2, 0.25) is 16.6 Å². The molecule has 0 aliphatic carbocycles. The van der Waals surface area contributed by atoms with Crippen LogP contribution in [0.1, 0.15) is 41.5 Å². The fraction of sp³-hybridized carbons (Fsp3) is 1.00. The van der Waals surface area contributed by atoms with Crippen molar-refractivity contribution in [2.45, 2.75) is 58.2 Å². The summed E-state index contributed by atoms with van der Waals surface area (Å²) in [6.07, 6.45) is 0. The predicted molar refractivity (Wildman–Crippen MR) is 64.1 cm³/mol. The number of rotatable bonds is 7. The van der Waals surface area contributed by atoms with E-state index < -0.39 is 16.1 Å². The van der Waals surface area contributed by atoms with Gasteiger partial charge in [0.15, 0.2) is 0 Å². The van der Waals surface area contributed by atoms with Crippen molar-refractivity contribution in [2.24, 2.45) is 0 Å². The van der Waals surface area contributed by atoms with Gasteiger partial charge in [0.2, 0.25) is 8.32 Å². The minimum absolute atomic E-state index is 0.0149. The standard InChI is InChI=1S/C9H21F2O4PSi/c1-7(2)17(8(3)4,9(5)6)15-16(12,13-10)14-11/h7-9H,1-6H3. The molecule has 0 amide bonds. The Balaban J connectivity index is 5.40. The Morgan fingerprint density at radius 3 is 1.35 bits per heavy atom. The summed E-state index contributed by atoms with van der Waals surface area (Å²) in [5, 5.41) is 0. The Labute approximate surface area is 102 Å². The summed E-state index contributed by atoms with van der Waals surface area (Å²) in [5.74, 6) is 0. The van der Waals surface area contributed by atoms with Crippen molar-refractivity contribution in [1.29, 1.82) is 0 Å². The lowest BCUT2D eigenvalue weighted by Crippen LogP contribution is -2.46. The van der Waals surface area contributed by atoms with E-state index in [0.717, 1.165) is 0 Å². The molecule has 0 aliphatic rings. The molecule has 0 spiro atoms. The Morgan fingerprint density at radius 1 is 0.882 bits per heavy atom. The van der Waals surface area contributed by atoms with E-state index in [2.05, 4.69) is 9.46 Å². The summed E-state index contributed by atoms with van der Waals surface area (Å²) >= 11 is 0. The van der Waals surface area contributed by atoms with Crippen molar-refractivity contribution in [3.8, 4) is 0 Å². The number of halogens is 2. The van der Waals surface area contributed by atoms with E-state index in [0.29, 0.717) is 0 Å². The normalized spacial score (nSPS) is 14.1. The molecule has 0 fully saturated rings. The maximum Gasteiger partial charge on any atom is 0.527 e. The molecule has 8 heteroatoms. The zero-order chi connectivity index (χ0) is 13.9. The van der Waals surface area contributed by atoms with E-state index in [1.807, 2.05) is 41.5 Å². The Bertz CT molecular complexity index is 256. The zero-order valence-electron chi connectivity index (χ0n) is 11.1. The molecule has 0 aliphatic heterocycles. The summed E-state index contributed by atoms with van der Waals surface area (Å²) in [5.41, 5.74) is 0.0448. The lowest BCUT2D eigenvalue weighted by atomic mass is 10.5. The molecule has 0 unspecified atom stereocenters. The molecule has 0 aromatic carbocycles. The van der Waals surface area contributed by atoms with Gasteiger partial charge < -0.3 is 4.21 Å². The van der Waals surface area contributed by atoms with Crippen molar-refractivity contribution >= 4 is 16.1 Å². The van der Waals surface area contributed by atoms with Crippen molar-refractivity contribution < 1.29 is 27.3 Å². The molecule has 0 bridgehead atoms. The van der Waals surface area contributed by atoms with E-state index in [9.17, 15) is 13.6 Å². The van der Waals surface area contributed by atoms with Crippen LogP contribution in [0, 0.1) is 0 Å². The van der Waals surface area contributed by atoms with Gasteiger partial charge in [-0.05, 0) is 25.7 Å². The molecular weight excluding hydrogens is 269 g/mol. The maximum atomic E-state index is 12.1. The van der Waals surface area contributed by atoms with Gasteiger partial charge in [-0.3, -0.25) is 0 Å². The Morgan fingerprint density at radius 2 is 1.18 bits per heavy atom. The van der Waals surface area contributed by atoms with E-state index in [4.69, 9.17) is 4.21 Å². The largest absolute Gasteiger partial charge is 0.527 e. The van der Waals surface area contributed by atoms with Crippen LogP contribution in [0.4, 0.5) is 9.05 Å². The van der Waals surface area contributed by atoms with Gasteiger partial charge in [-0.15, -0.1) is 0 Å². The molecule has 0 N–H and O–H groups in total. The van der Waals surface area contributed by atoms with Gasteiger partial charge in [0.25, 0.3) is 0 Å². The molecule has 0 saturated heterocycles. The van der Waals surface area contributed by atoms with Crippen LogP contribution in [-0.4, -0.2) is 8.32 Å². The first-order valence-electron chi connectivity index (χ1n) is 5.57. The molecule has 0 atom stereocenters. The van der Waals surface area contributed by atoms with Gasteiger partial charge in [-0.25, -0.2) is 4.57 Å². The Kier molecular flexibility index (Phi) is 6.45. The highest BCUT2D eigenvalue weighted by atomic mass is 31.2. The number of hydrogen-bond donors (Lipinski definition) is 0. The van der Waals surface area contributed by atoms with Crippen molar-refractivity contribution in [3.05, 3.63) is 0 Å². The molecule has 4 nitrogen and oxygen atoms in total. The summed E-state index contributed by atoms with van der Waals surface area (Å²) in [6.45, 7) is 11.3. The van der Waals surface area contributed by atoms with Crippen molar-refractivity contribution in [1.82, 2.24) is 0 Å². The second kappa shape index (κ2) is 6.38. The van der Waals surface area contributed by atoms with Crippen LogP contribution in [0.25, 0.3) is 0 Å². The van der Waals surface area contributed by atoms with Gasteiger partial charge >= 0.3 is 7.82 Å². The SMILES string of the molecule is CC(C)[Si](OP(=O)(OF)OF)(C(C)C)C(C)C. The summed E-state index contributed by atoms with van der Waals surface area (Å²) in [4.78, 5) is 0. The van der Waals surface area contributed by atoms with Crippen molar-refractivity contribution in [3.63, 3.8) is 0 Å². The minimum Gasteiger partial charge on any atom is -0.325 e. The lowest BCUT2D eigenvalue weighted by Gasteiger charge is -2.41. The van der Waals surface area contributed by atoms with Crippen molar-refractivity contribution in [2.75, 3.05) is 0 Å². The average molecular weight is 290 g/mol. The number of phosphoric acid groups is 1. The second-order valence-electron chi connectivity index (χ2n) is 4.99. The third-order valence-electron chi connectivity index (χ3n) is 3.15. The average Bonchev–Trinajstić information content (AvgIpc) is 2.24. The van der Waals surface area contributed by atoms with Gasteiger partial charge in [0.05, 0.1) is 0 Å². The molecule has 17 heavy (non-hydrogen) atoms. The van der Waals surface area contributed by atoms with Gasteiger partial charge in [0, 0.05) is 0 Å². The first-order valence-corrected chi connectivity index (χ1v) is 9.17. The summed E-state index contributed by atoms with van der Waals surface area (Å²) in [6, 6.07) is 0. The maximum absolute atomic E-state index is 12.1. The Hall–Kier alpha value is 0.187. The van der Waals surface area contributed by atoms with E-state index in [1.54, 1.807) is 0 Å². The molecule has 0 aromatic heterocycles. The fourth-order valence-corrected chi connectivity index (χ4v) is 10.9. The zero-order valence-corrected chi connectivity index (χ0v) is 13.0. The van der Waals surface area contributed by atoms with Crippen LogP contribution in [0.3, 0.4) is 0 Å². The quantitative estimate of drug-likeness (QED) is 0.484. The predicted octanol–water partition coefficient (Wildman–Crippen LogP) is 5.09. The first kappa shape index (κ1) is 17.2. The highest BCUT2D eigenvalue weighted by Gasteiger charge is 2.52. The van der Waals surface area contributed by atoms with Gasteiger partial charge in [-0.2, -0.15) is 0 Å². The summed E-state index contributed by atoms with van der Waals surface area (Å²) in [7, 11) is -7.43. The molecule has 0 radical (unpaired) electrons. The highest BCUT2D eigenvalue weighted by Crippen LogP contribution is 2.58. The van der Waals surface area contributed by atoms with Crippen LogP contribution in [0.15, 0.2) is 0 Å². The summed E-state index contributed by atoms with van der Waals surface area (Å²) < 4.78 is 47.1. The third kappa shape index (κ3) is 3.58. The van der Waals surface area contributed by atoms with Crippen LogP contribution >= 0.6 is 7.82 Å². The van der Waals surface area contributed by atoms with Crippen LogP contribution < -0.4 is 0 Å². The second-order valence-corrected chi connectivity index (χ2v) is 12.1. The molecular formula is C9H21F2O4PSi. The minimum atomic E-state index is -4.74. The number of hydrogen-bond acceptors (Lipinski definition) is 4. The van der Waals surface area contributed by atoms with E-state index >= 15 is 0 Å². The molecule has 0 aromatic rings. The van der Waals surface area contributed by atoms with Gasteiger partial charge in [-0.1, -0.05) is 51.0 Å². The third-order valence-corrected chi connectivity index (χ3v) is 11.1. The van der Waals surface area contributed by atoms with Crippen LogP contribution in [0.5, 0.6) is 0 Å². The lowest BCUT2D eigenvalue weighted by molar-refractivity contribution is -0.109.